The van der Waals surface area contributed by atoms with E-state index in [-0.39, 0.29) is 11.7 Å². The molecular formula is C11H13NO2. The molecule has 0 atom stereocenters. The van der Waals surface area contributed by atoms with Crippen molar-refractivity contribution < 1.29 is 9.59 Å². The molecule has 0 unspecified atom stereocenters. The monoisotopic (exact) mass is 191 g/mol. The van der Waals surface area contributed by atoms with Gasteiger partial charge in [-0.2, -0.15) is 0 Å². The van der Waals surface area contributed by atoms with E-state index in [1.807, 2.05) is 6.92 Å². The van der Waals surface area contributed by atoms with Gasteiger partial charge in [-0.05, 0) is 37.6 Å². The quantitative estimate of drug-likeness (QED) is 0.728. The van der Waals surface area contributed by atoms with E-state index in [1.165, 1.54) is 13.8 Å². The van der Waals surface area contributed by atoms with Gasteiger partial charge in [0.2, 0.25) is 5.91 Å². The highest BCUT2D eigenvalue weighted by Crippen LogP contribution is 2.15. The predicted octanol–water partition coefficient (Wildman–Crippen LogP) is 2.16. The largest absolute Gasteiger partial charge is 0.326 e. The Morgan fingerprint density at radius 2 is 1.86 bits per heavy atom. The van der Waals surface area contributed by atoms with E-state index in [2.05, 4.69) is 5.32 Å². The molecule has 1 aromatic rings. The molecule has 1 aromatic carbocycles. The van der Waals surface area contributed by atoms with E-state index >= 15 is 0 Å². The van der Waals surface area contributed by atoms with Crippen molar-refractivity contribution in [3.63, 3.8) is 0 Å². The third-order valence-electron chi connectivity index (χ3n) is 1.93. The van der Waals surface area contributed by atoms with Crippen molar-refractivity contribution >= 4 is 17.4 Å². The summed E-state index contributed by atoms with van der Waals surface area (Å²) < 4.78 is 0. The van der Waals surface area contributed by atoms with Crippen LogP contribution in [-0.2, 0) is 4.79 Å². The minimum absolute atomic E-state index is 0.0388. The van der Waals surface area contributed by atoms with E-state index in [4.69, 9.17) is 0 Å². The number of benzene rings is 1. The third-order valence-corrected chi connectivity index (χ3v) is 1.93. The van der Waals surface area contributed by atoms with Crippen molar-refractivity contribution in [2.24, 2.45) is 0 Å². The van der Waals surface area contributed by atoms with Gasteiger partial charge in [-0.1, -0.05) is 0 Å². The van der Waals surface area contributed by atoms with Crippen molar-refractivity contribution in [3.8, 4) is 0 Å². The molecule has 0 aliphatic carbocycles. The number of hydrogen-bond acceptors (Lipinski definition) is 2. The van der Waals surface area contributed by atoms with E-state index in [0.29, 0.717) is 5.56 Å². The number of ketones is 1. The zero-order valence-corrected chi connectivity index (χ0v) is 8.55. The molecular weight excluding hydrogens is 178 g/mol. The fraction of sp³-hybridized carbons (Fsp3) is 0.273. The second-order valence-corrected chi connectivity index (χ2v) is 3.27. The molecule has 14 heavy (non-hydrogen) atoms. The van der Waals surface area contributed by atoms with Gasteiger partial charge in [-0.15, -0.1) is 0 Å². The summed E-state index contributed by atoms with van der Waals surface area (Å²) >= 11 is 0. The lowest BCUT2D eigenvalue weighted by Crippen LogP contribution is -2.06. The first kappa shape index (κ1) is 10.4. The Morgan fingerprint density at radius 1 is 1.21 bits per heavy atom. The van der Waals surface area contributed by atoms with E-state index in [0.717, 1.165) is 11.3 Å². The number of Topliss-reactive ketones (excluding diaryl/α,β-unsaturated/α-hetero) is 1. The highest BCUT2D eigenvalue weighted by Gasteiger charge is 2.04. The Labute approximate surface area is 83.1 Å². The molecule has 0 bridgehead atoms. The Hall–Kier alpha value is -1.64. The Balaban J connectivity index is 3.00. The van der Waals surface area contributed by atoms with Crippen LogP contribution in [0.15, 0.2) is 18.2 Å². The molecule has 0 saturated carbocycles. The highest BCUT2D eigenvalue weighted by atomic mass is 16.1. The Kier molecular flexibility index (Phi) is 3.02. The first-order valence-electron chi connectivity index (χ1n) is 4.40. The maximum absolute atomic E-state index is 11.1. The van der Waals surface area contributed by atoms with Crippen molar-refractivity contribution in [2.75, 3.05) is 5.32 Å². The normalized spacial score (nSPS) is 9.64. The van der Waals surface area contributed by atoms with Crippen molar-refractivity contribution in [3.05, 3.63) is 29.3 Å². The fourth-order valence-electron chi connectivity index (χ4n) is 1.34. The summed E-state index contributed by atoms with van der Waals surface area (Å²) in [5, 5.41) is 2.66. The van der Waals surface area contributed by atoms with Crippen LogP contribution in [0.2, 0.25) is 0 Å². The molecule has 0 fully saturated rings. The minimum Gasteiger partial charge on any atom is -0.326 e. The lowest BCUT2D eigenvalue weighted by molar-refractivity contribution is -0.114. The first-order valence-corrected chi connectivity index (χ1v) is 4.40. The number of carbonyl (C=O) groups is 2. The minimum atomic E-state index is -0.111. The molecule has 0 heterocycles. The van der Waals surface area contributed by atoms with Crippen LogP contribution >= 0.6 is 0 Å². The molecule has 0 spiro atoms. The number of rotatable bonds is 2. The molecule has 0 aliphatic heterocycles. The molecule has 0 aliphatic rings. The summed E-state index contributed by atoms with van der Waals surface area (Å²) in [6, 6.07) is 5.24. The van der Waals surface area contributed by atoms with Gasteiger partial charge in [-0.3, -0.25) is 9.59 Å². The number of amides is 1. The summed E-state index contributed by atoms with van der Waals surface area (Å²) in [4.78, 5) is 21.9. The van der Waals surface area contributed by atoms with E-state index < -0.39 is 0 Å². The van der Waals surface area contributed by atoms with Crippen LogP contribution in [0.3, 0.4) is 0 Å². The van der Waals surface area contributed by atoms with Gasteiger partial charge < -0.3 is 5.32 Å². The highest BCUT2D eigenvalue weighted by molar-refractivity contribution is 5.96. The van der Waals surface area contributed by atoms with Crippen molar-refractivity contribution in [1.82, 2.24) is 0 Å². The van der Waals surface area contributed by atoms with E-state index in [1.54, 1.807) is 18.2 Å². The molecule has 0 saturated heterocycles. The second-order valence-electron chi connectivity index (χ2n) is 3.27. The number of hydrogen-bond donors (Lipinski definition) is 1. The molecule has 3 heteroatoms. The number of aryl methyl sites for hydroxylation is 1. The van der Waals surface area contributed by atoms with Crippen LogP contribution in [0, 0.1) is 6.92 Å². The van der Waals surface area contributed by atoms with Gasteiger partial charge in [0.05, 0.1) is 0 Å². The molecule has 0 radical (unpaired) electrons. The number of anilines is 1. The van der Waals surface area contributed by atoms with Gasteiger partial charge >= 0.3 is 0 Å². The molecule has 0 aromatic heterocycles. The van der Waals surface area contributed by atoms with Gasteiger partial charge in [0.15, 0.2) is 5.78 Å². The van der Waals surface area contributed by atoms with Crippen LogP contribution < -0.4 is 5.32 Å². The van der Waals surface area contributed by atoms with Crippen molar-refractivity contribution in [2.45, 2.75) is 20.8 Å². The summed E-state index contributed by atoms with van der Waals surface area (Å²) in [7, 11) is 0. The lowest BCUT2D eigenvalue weighted by atomic mass is 10.1. The van der Waals surface area contributed by atoms with E-state index in [9.17, 15) is 9.59 Å². The van der Waals surface area contributed by atoms with Crippen LogP contribution in [0.1, 0.15) is 29.8 Å². The SMILES string of the molecule is CC(=O)Nc1ccc(C(C)=O)c(C)c1. The summed E-state index contributed by atoms with van der Waals surface area (Å²) in [5.74, 6) is -0.0724. The van der Waals surface area contributed by atoms with Gasteiger partial charge in [-0.25, -0.2) is 0 Å². The average molecular weight is 191 g/mol. The van der Waals surface area contributed by atoms with Gasteiger partial charge in [0.25, 0.3) is 0 Å². The second kappa shape index (κ2) is 4.05. The summed E-state index contributed by atoms with van der Waals surface area (Å²) in [6.45, 7) is 4.83. The molecule has 1 rings (SSSR count). The zero-order valence-electron chi connectivity index (χ0n) is 8.55. The maximum Gasteiger partial charge on any atom is 0.221 e. The summed E-state index contributed by atoms with van der Waals surface area (Å²) in [6.07, 6.45) is 0. The van der Waals surface area contributed by atoms with Crippen LogP contribution in [0.25, 0.3) is 0 Å². The molecule has 1 amide bonds. The molecule has 3 nitrogen and oxygen atoms in total. The van der Waals surface area contributed by atoms with Gasteiger partial charge in [0, 0.05) is 18.2 Å². The smallest absolute Gasteiger partial charge is 0.221 e. The number of nitrogens with one attached hydrogen (secondary N) is 1. The third kappa shape index (κ3) is 2.42. The number of carbonyl (C=O) groups excluding carboxylic acids is 2. The zero-order chi connectivity index (χ0) is 10.7. The molecule has 74 valence electrons. The maximum atomic E-state index is 11.1. The van der Waals surface area contributed by atoms with Gasteiger partial charge in [0.1, 0.15) is 0 Å². The summed E-state index contributed by atoms with van der Waals surface area (Å²) in [5.41, 5.74) is 2.29. The average Bonchev–Trinajstić information content (AvgIpc) is 2.01. The molecule has 1 N–H and O–H groups in total. The van der Waals surface area contributed by atoms with Crippen molar-refractivity contribution in [1.29, 1.82) is 0 Å². The topological polar surface area (TPSA) is 46.2 Å². The van der Waals surface area contributed by atoms with Crippen LogP contribution in [-0.4, -0.2) is 11.7 Å². The van der Waals surface area contributed by atoms with Crippen LogP contribution in [0.4, 0.5) is 5.69 Å². The Morgan fingerprint density at radius 3 is 2.29 bits per heavy atom. The first-order chi connectivity index (χ1) is 6.50. The predicted molar refractivity (Wildman–Crippen MR) is 55.5 cm³/mol. The lowest BCUT2D eigenvalue weighted by Gasteiger charge is -2.06. The Bertz CT molecular complexity index is 383. The van der Waals surface area contributed by atoms with Crippen LogP contribution in [0.5, 0.6) is 0 Å². The standard InChI is InChI=1S/C11H13NO2/c1-7-6-10(12-9(3)14)4-5-11(7)8(2)13/h4-6H,1-3H3,(H,12,14). The fourth-order valence-corrected chi connectivity index (χ4v) is 1.34.